The van der Waals surface area contributed by atoms with E-state index in [4.69, 9.17) is 42.1 Å². The summed E-state index contributed by atoms with van der Waals surface area (Å²) in [7, 11) is 0. The van der Waals surface area contributed by atoms with Gasteiger partial charge >= 0.3 is 5.97 Å². The predicted octanol–water partition coefficient (Wildman–Crippen LogP) is 5.53. The molecule has 13 heteroatoms. The zero-order chi connectivity index (χ0) is 31.9. The molecule has 3 aromatic carbocycles. The molecule has 45 heavy (non-hydrogen) atoms. The number of amides is 2. The largest absolute Gasteiger partial charge is 0.489 e. The van der Waals surface area contributed by atoms with Crippen molar-refractivity contribution >= 4 is 46.7 Å². The summed E-state index contributed by atoms with van der Waals surface area (Å²) in [6.07, 6.45) is 0.802. The summed E-state index contributed by atoms with van der Waals surface area (Å²) in [5.41, 5.74) is 1.33. The second kappa shape index (κ2) is 14.9. The van der Waals surface area contributed by atoms with E-state index < -0.39 is 41.9 Å². The number of halogens is 3. The lowest BCUT2D eigenvalue weighted by atomic mass is 10.0. The first-order valence-corrected chi connectivity index (χ1v) is 15.1. The van der Waals surface area contributed by atoms with Gasteiger partial charge in [-0.05, 0) is 67.6 Å². The van der Waals surface area contributed by atoms with Gasteiger partial charge in [0.15, 0.2) is 12.2 Å². The number of carbonyl (C=O) groups excluding carboxylic acids is 2. The van der Waals surface area contributed by atoms with Crippen LogP contribution < -0.4 is 20.1 Å². The molecule has 1 saturated carbocycles. The molecule has 1 aliphatic heterocycles. The number of aliphatic carboxylic acids is 1. The van der Waals surface area contributed by atoms with Crippen molar-refractivity contribution < 1.29 is 42.8 Å². The van der Waals surface area contributed by atoms with Gasteiger partial charge in [-0.1, -0.05) is 41.4 Å². The van der Waals surface area contributed by atoms with Crippen LogP contribution >= 0.6 is 23.2 Å². The standard InChI is InChI=1S/C32H31Cl2FN2O8/c33-23-6-3-7-24(34)22(23)16-42-20-11-8-18(9-12-20)14-26(32(40)41)37-31(39)29-28(43-17-44-29)30(38)36-25-15-19(35)10-13-27(25)45-21-4-1-2-5-21/h3,6-13,15,21,26,28-29H,1-2,4-5,14,16-17H2,(H,36,38)(H,37,39)(H,40,41)/t26-,28+,29+/m0/s1. The maximum atomic E-state index is 14.1. The number of anilines is 1. The third-order valence-electron chi connectivity index (χ3n) is 7.50. The van der Waals surface area contributed by atoms with Crippen LogP contribution in [-0.4, -0.2) is 54.0 Å². The number of ether oxygens (including phenoxy) is 4. The summed E-state index contributed by atoms with van der Waals surface area (Å²) in [5.74, 6) is -2.69. The molecule has 2 amide bonds. The highest BCUT2D eigenvalue weighted by Gasteiger charge is 2.42. The minimum Gasteiger partial charge on any atom is -0.489 e. The third kappa shape index (κ3) is 8.43. The van der Waals surface area contributed by atoms with E-state index in [0.717, 1.165) is 31.7 Å². The van der Waals surface area contributed by atoms with E-state index >= 15 is 0 Å². The summed E-state index contributed by atoms with van der Waals surface area (Å²) in [6, 6.07) is 14.3. The topological polar surface area (TPSA) is 132 Å². The highest BCUT2D eigenvalue weighted by Crippen LogP contribution is 2.31. The average molecular weight is 662 g/mol. The zero-order valence-electron chi connectivity index (χ0n) is 24.0. The Hall–Kier alpha value is -3.90. The van der Waals surface area contributed by atoms with Crippen molar-refractivity contribution in [1.29, 1.82) is 0 Å². The molecule has 10 nitrogen and oxygen atoms in total. The SMILES string of the molecule is O=C(O)[C@H](Cc1ccc(OCc2c(Cl)cccc2Cl)cc1)NC(=O)[C@@H]1OCO[C@H]1C(=O)Nc1cc(F)ccc1OC1CCCC1. The van der Waals surface area contributed by atoms with Crippen molar-refractivity contribution in [3.8, 4) is 11.5 Å². The molecule has 5 rings (SSSR count). The Balaban J connectivity index is 1.19. The van der Waals surface area contributed by atoms with Crippen LogP contribution in [0.1, 0.15) is 36.8 Å². The lowest BCUT2D eigenvalue weighted by Crippen LogP contribution is -2.51. The quantitative estimate of drug-likeness (QED) is 0.231. The van der Waals surface area contributed by atoms with Crippen molar-refractivity contribution in [2.45, 2.75) is 63.1 Å². The Kier molecular flexibility index (Phi) is 10.8. The molecule has 3 N–H and O–H groups in total. The second-order valence-corrected chi connectivity index (χ2v) is 11.5. The minimum atomic E-state index is -1.44. The van der Waals surface area contributed by atoms with Crippen molar-refractivity contribution in [1.82, 2.24) is 5.32 Å². The second-order valence-electron chi connectivity index (χ2n) is 10.7. The lowest BCUT2D eigenvalue weighted by molar-refractivity contribution is -0.144. The monoisotopic (exact) mass is 660 g/mol. The van der Waals surface area contributed by atoms with Gasteiger partial charge in [0, 0.05) is 28.1 Å². The summed E-state index contributed by atoms with van der Waals surface area (Å²) < 4.78 is 36.5. The number of hydrogen-bond acceptors (Lipinski definition) is 7. The Bertz CT molecular complexity index is 1510. The molecule has 0 radical (unpaired) electrons. The van der Waals surface area contributed by atoms with Crippen LogP contribution in [0.5, 0.6) is 11.5 Å². The lowest BCUT2D eigenvalue weighted by Gasteiger charge is -2.21. The summed E-state index contributed by atoms with van der Waals surface area (Å²) in [4.78, 5) is 38.3. The van der Waals surface area contributed by atoms with E-state index in [0.29, 0.717) is 32.7 Å². The van der Waals surface area contributed by atoms with Crippen LogP contribution in [0.15, 0.2) is 60.7 Å². The Morgan fingerprint density at radius 1 is 0.956 bits per heavy atom. The summed E-state index contributed by atoms with van der Waals surface area (Å²) >= 11 is 12.4. The number of rotatable bonds is 12. The Morgan fingerprint density at radius 3 is 2.29 bits per heavy atom. The molecule has 1 saturated heterocycles. The van der Waals surface area contributed by atoms with Gasteiger partial charge in [-0.2, -0.15) is 0 Å². The van der Waals surface area contributed by atoms with Crippen molar-refractivity contribution in [3.05, 3.63) is 87.7 Å². The number of carboxylic acids is 1. The number of nitrogens with one attached hydrogen (secondary N) is 2. The van der Waals surface area contributed by atoms with Gasteiger partial charge in [-0.3, -0.25) is 9.59 Å². The molecule has 2 fully saturated rings. The smallest absolute Gasteiger partial charge is 0.326 e. The van der Waals surface area contributed by atoms with Gasteiger partial charge in [0.05, 0.1) is 11.8 Å². The fourth-order valence-electron chi connectivity index (χ4n) is 5.12. The van der Waals surface area contributed by atoms with Crippen LogP contribution in [0.25, 0.3) is 0 Å². The van der Waals surface area contributed by atoms with Gasteiger partial charge in [0.25, 0.3) is 11.8 Å². The number of carbonyl (C=O) groups is 3. The van der Waals surface area contributed by atoms with Crippen LogP contribution in [0.2, 0.25) is 10.0 Å². The molecular weight excluding hydrogens is 630 g/mol. The third-order valence-corrected chi connectivity index (χ3v) is 8.21. The maximum Gasteiger partial charge on any atom is 0.326 e. The van der Waals surface area contributed by atoms with E-state index in [-0.39, 0.29) is 31.6 Å². The van der Waals surface area contributed by atoms with E-state index in [1.54, 1.807) is 42.5 Å². The van der Waals surface area contributed by atoms with Crippen LogP contribution in [0, 0.1) is 5.82 Å². The predicted molar refractivity (Wildman–Crippen MR) is 163 cm³/mol. The van der Waals surface area contributed by atoms with Gasteiger partial charge in [-0.25, -0.2) is 9.18 Å². The summed E-state index contributed by atoms with van der Waals surface area (Å²) in [5, 5.41) is 15.8. The zero-order valence-corrected chi connectivity index (χ0v) is 25.5. The summed E-state index contributed by atoms with van der Waals surface area (Å²) in [6.45, 7) is -0.235. The van der Waals surface area contributed by atoms with Gasteiger partial charge < -0.3 is 34.7 Å². The highest BCUT2D eigenvalue weighted by atomic mass is 35.5. The average Bonchev–Trinajstić information content (AvgIpc) is 3.71. The molecule has 3 aromatic rings. The van der Waals surface area contributed by atoms with E-state index in [9.17, 15) is 23.9 Å². The molecule has 0 spiro atoms. The molecule has 0 bridgehead atoms. The first-order chi connectivity index (χ1) is 21.7. The first-order valence-electron chi connectivity index (χ1n) is 14.4. The molecule has 3 atom stereocenters. The molecule has 0 unspecified atom stereocenters. The molecule has 0 aromatic heterocycles. The number of hydrogen-bond donors (Lipinski definition) is 3. The normalized spacial score (nSPS) is 18.7. The highest BCUT2D eigenvalue weighted by molar-refractivity contribution is 6.35. The Labute approximate surface area is 268 Å². The Morgan fingerprint density at radius 2 is 1.62 bits per heavy atom. The minimum absolute atomic E-state index is 0.0418. The number of carboxylic acid groups (broad SMARTS) is 1. The fourth-order valence-corrected chi connectivity index (χ4v) is 5.62. The van der Waals surface area contributed by atoms with E-state index in [1.165, 1.54) is 12.1 Å². The van der Waals surface area contributed by atoms with Gasteiger partial charge in [-0.15, -0.1) is 0 Å². The van der Waals surface area contributed by atoms with Crippen molar-refractivity contribution in [2.75, 3.05) is 12.1 Å². The van der Waals surface area contributed by atoms with Crippen molar-refractivity contribution in [2.24, 2.45) is 0 Å². The van der Waals surface area contributed by atoms with Gasteiger partial charge in [0.1, 0.15) is 36.8 Å². The maximum absolute atomic E-state index is 14.1. The molecule has 1 heterocycles. The van der Waals surface area contributed by atoms with Crippen LogP contribution in [0.4, 0.5) is 10.1 Å². The number of benzene rings is 3. The van der Waals surface area contributed by atoms with E-state index in [1.807, 2.05) is 0 Å². The molecule has 2 aliphatic rings. The molecule has 238 valence electrons. The molecular formula is C32H31Cl2FN2O8. The first kappa shape index (κ1) is 32.5. The fraction of sp³-hybridized carbons (Fsp3) is 0.344. The van der Waals surface area contributed by atoms with Crippen LogP contribution in [-0.2, 0) is 36.9 Å². The van der Waals surface area contributed by atoms with Crippen LogP contribution in [0.3, 0.4) is 0 Å². The molecule has 1 aliphatic carbocycles. The van der Waals surface area contributed by atoms with Gasteiger partial charge in [0.2, 0.25) is 0 Å². The van der Waals surface area contributed by atoms with Crippen molar-refractivity contribution in [3.63, 3.8) is 0 Å². The van der Waals surface area contributed by atoms with E-state index in [2.05, 4.69) is 10.6 Å².